The summed E-state index contributed by atoms with van der Waals surface area (Å²) in [5.74, 6) is -0.219. The maximum Gasteiger partial charge on any atom is 0.318 e. The van der Waals surface area contributed by atoms with E-state index in [2.05, 4.69) is 21.7 Å². The highest BCUT2D eigenvalue weighted by atomic mass is 16.5. The zero-order valence-corrected chi connectivity index (χ0v) is 13.7. The highest BCUT2D eigenvalue weighted by molar-refractivity contribution is 5.86. The summed E-state index contributed by atoms with van der Waals surface area (Å²) in [6.45, 7) is 2.04. The monoisotopic (exact) mass is 330 g/mol. The molecule has 0 unspecified atom stereocenters. The molecule has 7 nitrogen and oxygen atoms in total. The van der Waals surface area contributed by atoms with Crippen LogP contribution in [-0.2, 0) is 22.5 Å². The minimum atomic E-state index is -0.221. The number of benzene rings is 1. The molecule has 0 saturated carbocycles. The van der Waals surface area contributed by atoms with Gasteiger partial charge in [-0.2, -0.15) is 0 Å². The number of hydrogen-bond donors (Lipinski definition) is 3. The summed E-state index contributed by atoms with van der Waals surface area (Å²) in [5, 5.41) is 6.56. The molecule has 0 atom stereocenters. The van der Waals surface area contributed by atoms with Gasteiger partial charge in [0.25, 0.3) is 0 Å². The minimum absolute atomic E-state index is 0.0292. The molecule has 128 valence electrons. The molecule has 0 saturated heterocycles. The topological polar surface area (TPSA) is 86.5 Å². The standard InChI is InChI=1S/C17H22N4O3/c1-24-9-7-18-16(22)10-19-17(23)21-8-6-13-12-4-2-3-5-14(12)20-15(13)11-21/h2-5,20H,6-11H2,1H3,(H,18,22)(H,19,23). The third-order valence-electron chi connectivity index (χ3n) is 4.20. The number of nitrogens with one attached hydrogen (secondary N) is 3. The lowest BCUT2D eigenvalue weighted by molar-refractivity contribution is -0.120. The van der Waals surface area contributed by atoms with Crippen LogP contribution in [-0.4, -0.2) is 55.2 Å². The van der Waals surface area contributed by atoms with Crippen LogP contribution in [0.1, 0.15) is 11.3 Å². The van der Waals surface area contributed by atoms with Gasteiger partial charge in [0.2, 0.25) is 5.91 Å². The van der Waals surface area contributed by atoms with Crippen molar-refractivity contribution in [2.45, 2.75) is 13.0 Å². The first-order chi connectivity index (χ1) is 11.7. The number of methoxy groups -OCH3 is 1. The summed E-state index contributed by atoms with van der Waals surface area (Å²) in [5.41, 5.74) is 3.45. The van der Waals surface area contributed by atoms with Crippen LogP contribution < -0.4 is 10.6 Å². The van der Waals surface area contributed by atoms with E-state index >= 15 is 0 Å². The molecule has 1 aliphatic heterocycles. The van der Waals surface area contributed by atoms with E-state index in [0.717, 1.165) is 17.6 Å². The summed E-state index contributed by atoms with van der Waals surface area (Å²) < 4.78 is 4.86. The van der Waals surface area contributed by atoms with E-state index < -0.39 is 0 Å². The Morgan fingerprint density at radius 2 is 2.12 bits per heavy atom. The lowest BCUT2D eigenvalue weighted by Crippen LogP contribution is -2.46. The second-order valence-corrected chi connectivity index (χ2v) is 5.80. The van der Waals surface area contributed by atoms with Crippen LogP contribution in [0, 0.1) is 0 Å². The van der Waals surface area contributed by atoms with Gasteiger partial charge < -0.3 is 25.3 Å². The first-order valence-corrected chi connectivity index (χ1v) is 8.06. The Bertz CT molecular complexity index is 741. The van der Waals surface area contributed by atoms with Gasteiger partial charge >= 0.3 is 6.03 Å². The van der Waals surface area contributed by atoms with E-state index in [1.807, 2.05) is 18.2 Å². The number of fused-ring (bicyclic) bond motifs is 3. The zero-order valence-electron chi connectivity index (χ0n) is 13.7. The van der Waals surface area contributed by atoms with Gasteiger partial charge in [0.05, 0.1) is 19.7 Å². The van der Waals surface area contributed by atoms with Crippen molar-refractivity contribution in [2.24, 2.45) is 0 Å². The van der Waals surface area contributed by atoms with E-state index in [-0.39, 0.29) is 18.5 Å². The maximum absolute atomic E-state index is 12.3. The summed E-state index contributed by atoms with van der Waals surface area (Å²) in [4.78, 5) is 29.0. The van der Waals surface area contributed by atoms with E-state index in [1.54, 1.807) is 12.0 Å². The molecule has 0 radical (unpaired) electrons. The third kappa shape index (κ3) is 3.51. The van der Waals surface area contributed by atoms with Crippen molar-refractivity contribution in [2.75, 3.05) is 33.4 Å². The number of carbonyl (C=O) groups is 2. The summed E-state index contributed by atoms with van der Waals surface area (Å²) in [6, 6.07) is 7.95. The molecular formula is C17H22N4O3. The van der Waals surface area contributed by atoms with Crippen molar-refractivity contribution in [1.82, 2.24) is 20.5 Å². The fourth-order valence-electron chi connectivity index (χ4n) is 2.99. The number of rotatable bonds is 5. The van der Waals surface area contributed by atoms with Crippen molar-refractivity contribution >= 4 is 22.8 Å². The summed E-state index contributed by atoms with van der Waals surface area (Å²) >= 11 is 0. The molecule has 7 heteroatoms. The Labute approximate surface area is 140 Å². The number of para-hydroxylation sites is 1. The first-order valence-electron chi connectivity index (χ1n) is 8.06. The molecule has 24 heavy (non-hydrogen) atoms. The average Bonchev–Trinajstić information content (AvgIpc) is 2.97. The molecule has 2 heterocycles. The normalized spacial score (nSPS) is 13.6. The molecule has 0 aliphatic carbocycles. The largest absolute Gasteiger partial charge is 0.383 e. The van der Waals surface area contributed by atoms with E-state index in [9.17, 15) is 9.59 Å². The SMILES string of the molecule is COCCNC(=O)CNC(=O)N1CCc2c([nH]c3ccccc23)C1. The predicted molar refractivity (Wildman–Crippen MR) is 90.7 cm³/mol. The molecule has 3 rings (SSSR count). The molecule has 1 aliphatic rings. The summed E-state index contributed by atoms with van der Waals surface area (Å²) in [7, 11) is 1.57. The lowest BCUT2D eigenvalue weighted by atomic mass is 10.0. The molecule has 3 N–H and O–H groups in total. The number of hydrogen-bond acceptors (Lipinski definition) is 3. The quantitative estimate of drug-likeness (QED) is 0.715. The summed E-state index contributed by atoms with van der Waals surface area (Å²) in [6.07, 6.45) is 0.812. The van der Waals surface area contributed by atoms with Gasteiger partial charge in [-0.3, -0.25) is 4.79 Å². The Morgan fingerprint density at radius 3 is 2.96 bits per heavy atom. The van der Waals surface area contributed by atoms with Crippen molar-refractivity contribution in [3.8, 4) is 0 Å². The molecule has 0 spiro atoms. The Morgan fingerprint density at radius 1 is 1.29 bits per heavy atom. The number of nitrogens with zero attached hydrogens (tertiary/aromatic N) is 1. The first kappa shape index (κ1) is 16.3. The smallest absolute Gasteiger partial charge is 0.318 e. The van der Waals surface area contributed by atoms with Gasteiger partial charge in [-0.25, -0.2) is 4.79 Å². The van der Waals surface area contributed by atoms with Crippen molar-refractivity contribution in [1.29, 1.82) is 0 Å². The Kier molecular flexibility index (Phi) is 5.00. The van der Waals surface area contributed by atoms with E-state index in [4.69, 9.17) is 4.74 Å². The van der Waals surface area contributed by atoms with Gasteiger partial charge in [0, 0.05) is 36.8 Å². The number of urea groups is 1. The maximum atomic E-state index is 12.3. The molecule has 1 aromatic carbocycles. The average molecular weight is 330 g/mol. The Balaban J connectivity index is 1.55. The van der Waals surface area contributed by atoms with Gasteiger partial charge in [0.1, 0.15) is 0 Å². The van der Waals surface area contributed by atoms with Gasteiger partial charge in [-0.05, 0) is 18.1 Å². The number of aromatic nitrogens is 1. The molecule has 0 bridgehead atoms. The van der Waals surface area contributed by atoms with Crippen molar-refractivity contribution in [3.63, 3.8) is 0 Å². The fourth-order valence-corrected chi connectivity index (χ4v) is 2.99. The lowest BCUT2D eigenvalue weighted by Gasteiger charge is -2.27. The third-order valence-corrected chi connectivity index (χ3v) is 4.20. The van der Waals surface area contributed by atoms with Crippen LogP contribution in [0.3, 0.4) is 0 Å². The molecular weight excluding hydrogens is 308 g/mol. The van der Waals surface area contributed by atoms with Gasteiger partial charge in [0.15, 0.2) is 0 Å². The van der Waals surface area contributed by atoms with Gasteiger partial charge in [-0.1, -0.05) is 18.2 Å². The van der Waals surface area contributed by atoms with E-state index in [0.29, 0.717) is 26.2 Å². The zero-order chi connectivity index (χ0) is 16.9. The van der Waals surface area contributed by atoms with Crippen LogP contribution in [0.4, 0.5) is 4.79 Å². The van der Waals surface area contributed by atoms with E-state index in [1.165, 1.54) is 10.9 Å². The van der Waals surface area contributed by atoms with Crippen molar-refractivity contribution in [3.05, 3.63) is 35.5 Å². The Hall–Kier alpha value is -2.54. The molecule has 1 aromatic heterocycles. The second kappa shape index (κ2) is 7.35. The van der Waals surface area contributed by atoms with Crippen LogP contribution in [0.5, 0.6) is 0 Å². The number of aromatic amines is 1. The van der Waals surface area contributed by atoms with Crippen molar-refractivity contribution < 1.29 is 14.3 Å². The number of carbonyl (C=O) groups excluding carboxylic acids is 2. The molecule has 2 aromatic rings. The molecule has 3 amide bonds. The predicted octanol–water partition coefficient (Wildman–Crippen LogP) is 0.998. The second-order valence-electron chi connectivity index (χ2n) is 5.80. The minimum Gasteiger partial charge on any atom is -0.383 e. The fraction of sp³-hybridized carbons (Fsp3) is 0.412. The van der Waals surface area contributed by atoms with Crippen LogP contribution in [0.2, 0.25) is 0 Å². The highest BCUT2D eigenvalue weighted by Crippen LogP contribution is 2.27. The highest BCUT2D eigenvalue weighted by Gasteiger charge is 2.23. The number of H-pyrrole nitrogens is 1. The van der Waals surface area contributed by atoms with Crippen LogP contribution in [0.15, 0.2) is 24.3 Å². The van der Waals surface area contributed by atoms with Gasteiger partial charge in [-0.15, -0.1) is 0 Å². The molecule has 0 fully saturated rings. The number of ether oxygens (including phenoxy) is 1. The van der Waals surface area contributed by atoms with Crippen LogP contribution >= 0.6 is 0 Å². The van der Waals surface area contributed by atoms with Crippen LogP contribution in [0.25, 0.3) is 10.9 Å². The number of amides is 3.